The van der Waals surface area contributed by atoms with Crippen LogP contribution in [-0.2, 0) is 19.1 Å². The van der Waals surface area contributed by atoms with Gasteiger partial charge in [0, 0.05) is 17.4 Å². The molecule has 1 aromatic carbocycles. The first kappa shape index (κ1) is 20.4. The number of aliphatic hydroxyl groups is 1. The van der Waals surface area contributed by atoms with Crippen molar-refractivity contribution in [2.75, 3.05) is 13.7 Å². The Kier molecular flexibility index (Phi) is 6.75. The minimum atomic E-state index is -1.22. The zero-order chi connectivity index (χ0) is 19.3. The highest BCUT2D eigenvalue weighted by Crippen LogP contribution is 2.37. The fourth-order valence-electron chi connectivity index (χ4n) is 2.90. The number of amides is 1. The van der Waals surface area contributed by atoms with E-state index in [2.05, 4.69) is 0 Å². The van der Waals surface area contributed by atoms with Crippen molar-refractivity contribution in [1.82, 2.24) is 0 Å². The second-order valence-corrected chi connectivity index (χ2v) is 7.20. The summed E-state index contributed by atoms with van der Waals surface area (Å²) in [6.07, 6.45) is -1.75. The largest absolute Gasteiger partial charge is 0.497 e. The molecule has 1 heterocycles. The molecule has 1 fully saturated rings. The molecule has 1 aliphatic heterocycles. The summed E-state index contributed by atoms with van der Waals surface area (Å²) in [7, 11) is 1.59. The second-order valence-electron chi connectivity index (χ2n) is 7.20. The van der Waals surface area contributed by atoms with Gasteiger partial charge in [-0.25, -0.2) is 0 Å². The highest BCUT2D eigenvalue weighted by Gasteiger charge is 2.42. The van der Waals surface area contributed by atoms with Crippen LogP contribution in [-0.4, -0.2) is 42.7 Å². The number of ketones is 1. The van der Waals surface area contributed by atoms with Crippen molar-refractivity contribution in [2.45, 2.75) is 51.6 Å². The van der Waals surface area contributed by atoms with Crippen LogP contribution >= 0.6 is 0 Å². The van der Waals surface area contributed by atoms with Gasteiger partial charge < -0.3 is 25.1 Å². The maximum atomic E-state index is 12.6. The third-order valence-electron chi connectivity index (χ3n) is 4.49. The predicted octanol–water partition coefficient (Wildman–Crippen LogP) is 1.72. The van der Waals surface area contributed by atoms with Crippen molar-refractivity contribution in [2.24, 2.45) is 11.1 Å². The lowest BCUT2D eigenvalue weighted by molar-refractivity contribution is -0.257. The zero-order valence-corrected chi connectivity index (χ0v) is 15.4. The van der Waals surface area contributed by atoms with Crippen LogP contribution in [0.3, 0.4) is 0 Å². The molecule has 0 bridgehead atoms. The fraction of sp³-hybridized carbons (Fsp3) is 0.579. The van der Waals surface area contributed by atoms with E-state index in [1.54, 1.807) is 7.11 Å². The quantitative estimate of drug-likeness (QED) is 0.726. The molecule has 0 radical (unpaired) electrons. The van der Waals surface area contributed by atoms with Crippen LogP contribution in [0.2, 0.25) is 0 Å². The number of rotatable bonds is 8. The third-order valence-corrected chi connectivity index (χ3v) is 4.49. The molecule has 7 heteroatoms. The first-order valence-corrected chi connectivity index (χ1v) is 8.65. The molecule has 26 heavy (non-hydrogen) atoms. The molecule has 0 aliphatic carbocycles. The van der Waals surface area contributed by atoms with E-state index in [0.29, 0.717) is 13.0 Å². The Bertz CT molecular complexity index is 627. The molecular weight excluding hydrogens is 338 g/mol. The van der Waals surface area contributed by atoms with E-state index < -0.39 is 29.8 Å². The number of primary amides is 1. The smallest absolute Gasteiger partial charge is 0.246 e. The van der Waals surface area contributed by atoms with Crippen LogP contribution in [0.4, 0.5) is 0 Å². The number of carbonyl (C=O) groups is 2. The number of Topliss-reactive ketones (excluding diaryl/α,β-unsaturated/α-hetero) is 1. The van der Waals surface area contributed by atoms with Crippen LogP contribution in [0.25, 0.3) is 0 Å². The molecule has 1 saturated heterocycles. The van der Waals surface area contributed by atoms with E-state index in [1.165, 1.54) is 0 Å². The van der Waals surface area contributed by atoms with Gasteiger partial charge in [-0.3, -0.25) is 9.59 Å². The standard InChI is InChI=1S/C19H27NO6/c1-19(2)11-25-18(12-7-9-13(24-3)10-8-12)26-16(19)14(21)5-4-6-15(22)17(20)23/h7-10,15-16,18,22H,4-6,11H2,1-3H3,(H2,20,23)/t15?,16-,18?/m0/s1. The number of benzene rings is 1. The minimum Gasteiger partial charge on any atom is -0.497 e. The van der Waals surface area contributed by atoms with Gasteiger partial charge in [-0.15, -0.1) is 0 Å². The molecule has 3 atom stereocenters. The molecule has 3 N–H and O–H groups in total. The van der Waals surface area contributed by atoms with Gasteiger partial charge in [0.15, 0.2) is 12.1 Å². The Labute approximate surface area is 153 Å². The Morgan fingerprint density at radius 2 is 2.00 bits per heavy atom. The number of hydrogen-bond donors (Lipinski definition) is 2. The number of ether oxygens (including phenoxy) is 3. The van der Waals surface area contributed by atoms with Gasteiger partial charge in [0.25, 0.3) is 0 Å². The average molecular weight is 365 g/mol. The van der Waals surface area contributed by atoms with Crippen LogP contribution in [0.5, 0.6) is 5.75 Å². The summed E-state index contributed by atoms with van der Waals surface area (Å²) in [5.74, 6) is -0.126. The lowest BCUT2D eigenvalue weighted by Gasteiger charge is -2.41. The summed E-state index contributed by atoms with van der Waals surface area (Å²) >= 11 is 0. The third kappa shape index (κ3) is 5.03. The number of nitrogens with two attached hydrogens (primary N) is 1. The van der Waals surface area contributed by atoms with Gasteiger partial charge in [0.05, 0.1) is 13.7 Å². The highest BCUT2D eigenvalue weighted by molar-refractivity contribution is 5.84. The SMILES string of the molecule is COc1ccc(C2OCC(C)(C)[C@H](C(=O)CCCC(O)C(N)=O)O2)cc1. The van der Waals surface area contributed by atoms with Crippen LogP contribution in [0.15, 0.2) is 24.3 Å². The summed E-state index contributed by atoms with van der Waals surface area (Å²) in [5, 5.41) is 9.44. The molecular formula is C19H27NO6. The van der Waals surface area contributed by atoms with Gasteiger partial charge in [-0.2, -0.15) is 0 Å². The van der Waals surface area contributed by atoms with Crippen molar-refractivity contribution < 1.29 is 28.9 Å². The van der Waals surface area contributed by atoms with Crippen molar-refractivity contribution in [3.63, 3.8) is 0 Å². The first-order chi connectivity index (χ1) is 12.2. The van der Waals surface area contributed by atoms with Crippen molar-refractivity contribution in [3.05, 3.63) is 29.8 Å². The van der Waals surface area contributed by atoms with Crippen LogP contribution in [0, 0.1) is 5.41 Å². The maximum absolute atomic E-state index is 12.6. The Hall–Kier alpha value is -1.96. The average Bonchev–Trinajstić information content (AvgIpc) is 2.61. The topological polar surface area (TPSA) is 108 Å². The van der Waals surface area contributed by atoms with Gasteiger partial charge in [0.2, 0.25) is 5.91 Å². The normalized spacial score (nSPS) is 23.2. The summed E-state index contributed by atoms with van der Waals surface area (Å²) < 4.78 is 16.9. The Morgan fingerprint density at radius 3 is 2.58 bits per heavy atom. The number of methoxy groups -OCH3 is 1. The Morgan fingerprint density at radius 1 is 1.35 bits per heavy atom. The summed E-state index contributed by atoms with van der Waals surface area (Å²) in [4.78, 5) is 23.5. The number of hydrogen-bond acceptors (Lipinski definition) is 6. The van der Waals surface area contributed by atoms with Crippen molar-refractivity contribution >= 4 is 11.7 Å². The summed E-state index contributed by atoms with van der Waals surface area (Å²) in [5.41, 5.74) is 5.36. The molecule has 1 amide bonds. The maximum Gasteiger partial charge on any atom is 0.246 e. The molecule has 0 aromatic heterocycles. The van der Waals surface area contributed by atoms with Crippen molar-refractivity contribution in [1.29, 1.82) is 0 Å². The minimum absolute atomic E-state index is 0.0755. The lowest BCUT2D eigenvalue weighted by Crippen LogP contribution is -2.47. The van der Waals surface area contributed by atoms with E-state index in [9.17, 15) is 14.7 Å². The summed E-state index contributed by atoms with van der Waals surface area (Å²) in [6, 6.07) is 7.30. The fourth-order valence-corrected chi connectivity index (χ4v) is 2.90. The number of aliphatic hydroxyl groups excluding tert-OH is 1. The first-order valence-electron chi connectivity index (χ1n) is 8.65. The van der Waals surface area contributed by atoms with Gasteiger partial charge in [0.1, 0.15) is 18.0 Å². The van der Waals surface area contributed by atoms with E-state index in [4.69, 9.17) is 19.9 Å². The Balaban J connectivity index is 2.00. The second kappa shape index (κ2) is 8.62. The molecule has 2 unspecified atom stereocenters. The predicted molar refractivity (Wildman–Crippen MR) is 94.4 cm³/mol. The molecule has 2 rings (SSSR count). The molecule has 1 aliphatic rings. The highest BCUT2D eigenvalue weighted by atomic mass is 16.7. The van der Waals surface area contributed by atoms with Gasteiger partial charge in [-0.05, 0) is 25.0 Å². The van der Waals surface area contributed by atoms with E-state index in [0.717, 1.165) is 11.3 Å². The van der Waals surface area contributed by atoms with E-state index in [-0.39, 0.29) is 18.6 Å². The lowest BCUT2D eigenvalue weighted by atomic mass is 9.82. The molecule has 7 nitrogen and oxygen atoms in total. The van der Waals surface area contributed by atoms with Crippen molar-refractivity contribution in [3.8, 4) is 5.75 Å². The molecule has 0 spiro atoms. The van der Waals surface area contributed by atoms with E-state index >= 15 is 0 Å². The van der Waals surface area contributed by atoms with Crippen LogP contribution < -0.4 is 10.5 Å². The molecule has 1 aromatic rings. The number of carbonyl (C=O) groups excluding carboxylic acids is 2. The van der Waals surface area contributed by atoms with E-state index in [1.807, 2.05) is 38.1 Å². The zero-order valence-electron chi connectivity index (χ0n) is 15.4. The van der Waals surface area contributed by atoms with Gasteiger partial charge in [-0.1, -0.05) is 26.0 Å². The van der Waals surface area contributed by atoms with Gasteiger partial charge >= 0.3 is 0 Å². The summed E-state index contributed by atoms with van der Waals surface area (Å²) in [6.45, 7) is 4.21. The molecule has 0 saturated carbocycles. The molecule has 144 valence electrons. The van der Waals surface area contributed by atoms with Crippen LogP contribution in [0.1, 0.15) is 45.0 Å². The monoisotopic (exact) mass is 365 g/mol.